The van der Waals surface area contributed by atoms with Crippen molar-refractivity contribution in [3.8, 4) is 23.0 Å². The molecule has 0 atom stereocenters. The van der Waals surface area contributed by atoms with Crippen LogP contribution in [0.5, 0.6) is 23.0 Å². The molecule has 0 aliphatic heterocycles. The van der Waals surface area contributed by atoms with Gasteiger partial charge < -0.3 is 20.4 Å². The number of rotatable bonds is 7. The molecular weight excluding hydrogens is 492 g/mol. The average molecular weight is 516 g/mol. The van der Waals surface area contributed by atoms with Gasteiger partial charge in [0.1, 0.15) is 23.0 Å². The minimum absolute atomic E-state index is 0. The van der Waals surface area contributed by atoms with Crippen molar-refractivity contribution >= 4 is 11.4 Å². The van der Waals surface area contributed by atoms with Gasteiger partial charge in [-0.2, -0.15) is 0 Å². The minimum Gasteiger partial charge on any atom is -0.508 e. The molecule has 4 rings (SSSR count). The molecule has 0 unspecified atom stereocenters. The largest absolute Gasteiger partial charge is 0.508 e. The molecule has 4 N–H and O–H groups in total. The summed E-state index contributed by atoms with van der Waals surface area (Å²) in [5.41, 5.74) is 3.84. The van der Waals surface area contributed by atoms with Crippen LogP contribution in [0.1, 0.15) is 22.3 Å². The summed E-state index contributed by atoms with van der Waals surface area (Å²) in [5.74, 6) is -0.186. The number of phenols is 4. The molecule has 0 amide bonds. The van der Waals surface area contributed by atoms with Crippen LogP contribution >= 0.6 is 0 Å². The van der Waals surface area contributed by atoms with Crippen molar-refractivity contribution in [2.45, 2.75) is 0 Å². The predicted molar refractivity (Wildman–Crippen MR) is 133 cm³/mol. The number of benzene rings is 4. The molecular formula is C28H24CuN2O4. The first kappa shape index (κ1) is 25.6. The Bertz CT molecular complexity index is 1230. The molecule has 4 aromatic rings. The van der Waals surface area contributed by atoms with Crippen LogP contribution in [-0.4, -0.2) is 44.9 Å². The fraction of sp³-hybridized carbons (Fsp3) is 0.0714. The maximum Gasteiger partial charge on any atom is 0.128 e. The van der Waals surface area contributed by atoms with E-state index in [0.717, 1.165) is 11.1 Å². The zero-order chi connectivity index (χ0) is 23.9. The van der Waals surface area contributed by atoms with Crippen LogP contribution in [0.4, 0.5) is 0 Å². The molecule has 7 heteroatoms. The van der Waals surface area contributed by atoms with E-state index in [2.05, 4.69) is 0 Å². The molecule has 0 spiro atoms. The first-order chi connectivity index (χ1) is 16.5. The van der Waals surface area contributed by atoms with E-state index in [1.807, 2.05) is 60.7 Å². The topological polar surface area (TPSA) is 106 Å². The van der Waals surface area contributed by atoms with Gasteiger partial charge in [0.25, 0.3) is 0 Å². The molecule has 35 heavy (non-hydrogen) atoms. The van der Waals surface area contributed by atoms with Gasteiger partial charge in [0.05, 0.1) is 24.5 Å². The number of phenolic OH excluding ortho intramolecular Hbond substituents is 4. The summed E-state index contributed by atoms with van der Waals surface area (Å²) in [5, 5.41) is 40.1. The molecule has 0 aromatic heterocycles. The van der Waals surface area contributed by atoms with Crippen molar-refractivity contribution in [3.63, 3.8) is 0 Å². The van der Waals surface area contributed by atoms with Crippen molar-refractivity contribution in [1.82, 2.24) is 0 Å². The maximum atomic E-state index is 10.4. The fourth-order valence-corrected chi connectivity index (χ4v) is 3.62. The molecule has 1 radical (unpaired) electrons. The Kier molecular flexibility index (Phi) is 8.68. The van der Waals surface area contributed by atoms with Gasteiger partial charge in [-0.05, 0) is 24.3 Å². The molecule has 0 aliphatic carbocycles. The Morgan fingerprint density at radius 2 is 0.886 bits per heavy atom. The predicted octanol–water partition coefficient (Wildman–Crippen LogP) is 4.88. The van der Waals surface area contributed by atoms with Gasteiger partial charge in [-0.25, -0.2) is 0 Å². The third-order valence-electron chi connectivity index (χ3n) is 5.21. The smallest absolute Gasteiger partial charge is 0.128 e. The van der Waals surface area contributed by atoms with Crippen molar-refractivity contribution in [2.75, 3.05) is 13.1 Å². The van der Waals surface area contributed by atoms with E-state index in [-0.39, 0.29) is 40.1 Å². The molecule has 0 saturated heterocycles. The van der Waals surface area contributed by atoms with Crippen LogP contribution in [0.25, 0.3) is 0 Å². The average Bonchev–Trinajstić information content (AvgIpc) is 2.84. The fourth-order valence-electron chi connectivity index (χ4n) is 3.62. The molecule has 0 fully saturated rings. The number of nitrogens with zero attached hydrogens (tertiary/aromatic N) is 2. The van der Waals surface area contributed by atoms with Gasteiger partial charge in [-0.15, -0.1) is 0 Å². The first-order valence-electron chi connectivity index (χ1n) is 10.8. The van der Waals surface area contributed by atoms with Crippen LogP contribution in [0.2, 0.25) is 0 Å². The van der Waals surface area contributed by atoms with E-state index in [1.54, 1.807) is 12.1 Å². The van der Waals surface area contributed by atoms with Crippen LogP contribution in [0.3, 0.4) is 0 Å². The van der Waals surface area contributed by atoms with E-state index >= 15 is 0 Å². The molecule has 0 saturated carbocycles. The van der Waals surface area contributed by atoms with Crippen LogP contribution < -0.4 is 0 Å². The number of hydrogen-bond acceptors (Lipinski definition) is 6. The summed E-state index contributed by atoms with van der Waals surface area (Å²) >= 11 is 0. The minimum atomic E-state index is -0.0647. The third-order valence-corrected chi connectivity index (χ3v) is 5.21. The Balaban J connectivity index is 0.00000342. The number of aromatic hydroxyl groups is 4. The van der Waals surface area contributed by atoms with E-state index < -0.39 is 0 Å². The van der Waals surface area contributed by atoms with Crippen LogP contribution in [0, 0.1) is 0 Å². The standard InChI is InChI=1S/C28H24N2O4.Cu/c31-21-11-13-23(25(33)17-21)27(19-7-3-1-4-8-19)29-15-16-30-28(20-9-5-2-6-10-20)24-14-12-22(32)18-26(24)34;/h1-14,17-18,31-34H,15-16H2;. The monoisotopic (exact) mass is 515 g/mol. The quantitative estimate of drug-likeness (QED) is 0.160. The zero-order valence-electron chi connectivity index (χ0n) is 18.6. The summed E-state index contributed by atoms with van der Waals surface area (Å²) in [4.78, 5) is 9.43. The van der Waals surface area contributed by atoms with Crippen LogP contribution in [-0.2, 0) is 17.1 Å². The third kappa shape index (κ3) is 6.29. The molecule has 0 bridgehead atoms. The van der Waals surface area contributed by atoms with Crippen molar-refractivity contribution in [1.29, 1.82) is 0 Å². The summed E-state index contributed by atoms with van der Waals surface area (Å²) in [6, 6.07) is 27.8. The molecule has 0 heterocycles. The van der Waals surface area contributed by atoms with Crippen LogP contribution in [0.15, 0.2) is 107 Å². The van der Waals surface area contributed by atoms with E-state index in [1.165, 1.54) is 24.3 Å². The van der Waals surface area contributed by atoms with Crippen molar-refractivity contribution in [3.05, 3.63) is 119 Å². The number of aliphatic imine (C=N–C) groups is 2. The van der Waals surface area contributed by atoms with Gasteiger partial charge in [0.15, 0.2) is 0 Å². The Morgan fingerprint density at radius 3 is 1.23 bits per heavy atom. The van der Waals surface area contributed by atoms with Gasteiger partial charge >= 0.3 is 0 Å². The van der Waals surface area contributed by atoms with E-state index in [9.17, 15) is 20.4 Å². The summed E-state index contributed by atoms with van der Waals surface area (Å²) in [7, 11) is 0. The van der Waals surface area contributed by atoms with Gasteiger partial charge in [0, 0.05) is 51.5 Å². The summed E-state index contributed by atoms with van der Waals surface area (Å²) in [6.45, 7) is 0.638. The molecule has 0 aliphatic rings. The second kappa shape index (κ2) is 11.9. The molecule has 6 nitrogen and oxygen atoms in total. The van der Waals surface area contributed by atoms with Gasteiger partial charge in [-0.3, -0.25) is 9.98 Å². The Labute approximate surface area is 214 Å². The number of hydrogen-bond donors (Lipinski definition) is 4. The normalized spacial score (nSPS) is 11.7. The van der Waals surface area contributed by atoms with Gasteiger partial charge in [0.2, 0.25) is 0 Å². The zero-order valence-corrected chi connectivity index (χ0v) is 19.6. The SMILES string of the molecule is Oc1ccc(C(=NCCN=C(c2ccccc2)c2ccc(O)cc2O)c2ccccc2)c(O)c1.[Cu]. The molecule has 4 aromatic carbocycles. The summed E-state index contributed by atoms with van der Waals surface area (Å²) < 4.78 is 0. The van der Waals surface area contributed by atoms with Gasteiger partial charge in [-0.1, -0.05) is 60.7 Å². The maximum absolute atomic E-state index is 10.4. The van der Waals surface area contributed by atoms with E-state index in [4.69, 9.17) is 9.98 Å². The summed E-state index contributed by atoms with van der Waals surface area (Å²) in [6.07, 6.45) is 0. The Hall–Kier alpha value is -4.06. The Morgan fingerprint density at radius 1 is 0.514 bits per heavy atom. The van der Waals surface area contributed by atoms with E-state index in [0.29, 0.717) is 35.6 Å². The van der Waals surface area contributed by atoms with Crippen molar-refractivity contribution in [2.24, 2.45) is 9.98 Å². The van der Waals surface area contributed by atoms with Crippen molar-refractivity contribution < 1.29 is 37.5 Å². The second-order valence-electron chi connectivity index (χ2n) is 7.60. The molecule has 181 valence electrons. The second-order valence-corrected chi connectivity index (χ2v) is 7.60. The first-order valence-corrected chi connectivity index (χ1v) is 10.8.